The van der Waals surface area contributed by atoms with Gasteiger partial charge in [-0.1, -0.05) is 13.0 Å². The van der Waals surface area contributed by atoms with Gasteiger partial charge in [0.05, 0.1) is 0 Å². The Morgan fingerprint density at radius 2 is 2.33 bits per heavy atom. The minimum absolute atomic E-state index is 0.0291. The van der Waals surface area contributed by atoms with Crippen LogP contribution in [0.1, 0.15) is 29.4 Å². The number of aromatic nitrogens is 1. The number of rotatable bonds is 5. The first-order valence-corrected chi connectivity index (χ1v) is 5.11. The highest BCUT2D eigenvalue weighted by atomic mass is 16.5. The minimum atomic E-state index is -0.0291. The van der Waals surface area contributed by atoms with E-state index in [1.165, 1.54) is 0 Å². The summed E-state index contributed by atoms with van der Waals surface area (Å²) in [6.45, 7) is 4.43. The molecule has 0 aliphatic carbocycles. The van der Waals surface area contributed by atoms with E-state index in [1.807, 2.05) is 26.0 Å². The first-order valence-electron chi connectivity index (χ1n) is 5.11. The molecule has 0 radical (unpaired) electrons. The molecule has 0 saturated heterocycles. The number of hydrogen-bond acceptors (Lipinski definition) is 3. The lowest BCUT2D eigenvalue weighted by molar-refractivity contribution is 0.0888. The number of pyridine rings is 1. The van der Waals surface area contributed by atoms with Crippen LogP contribution < -0.4 is 0 Å². The Morgan fingerprint density at radius 1 is 1.60 bits per heavy atom. The van der Waals surface area contributed by atoms with Gasteiger partial charge in [-0.05, 0) is 25.0 Å². The Kier molecular flexibility index (Phi) is 4.43. The second-order valence-corrected chi connectivity index (χ2v) is 3.72. The van der Waals surface area contributed by atoms with Crippen molar-refractivity contribution in [2.75, 3.05) is 13.7 Å². The van der Waals surface area contributed by atoms with Crippen molar-refractivity contribution in [3.05, 3.63) is 29.6 Å². The fourth-order valence-electron chi connectivity index (χ4n) is 1.40. The summed E-state index contributed by atoms with van der Waals surface area (Å²) in [6.07, 6.45) is 2.40. The molecule has 0 N–H and O–H groups in total. The molecule has 0 aromatic carbocycles. The molecule has 0 spiro atoms. The van der Waals surface area contributed by atoms with Gasteiger partial charge < -0.3 is 4.74 Å². The van der Waals surface area contributed by atoms with Gasteiger partial charge in [0.25, 0.3) is 0 Å². The molecule has 0 aliphatic heterocycles. The summed E-state index contributed by atoms with van der Waals surface area (Å²) in [5, 5.41) is 0. The molecule has 0 saturated carbocycles. The average molecular weight is 207 g/mol. The Labute approximate surface area is 90.5 Å². The topological polar surface area (TPSA) is 39.2 Å². The number of carbonyl (C=O) groups is 1. The van der Waals surface area contributed by atoms with E-state index in [-0.39, 0.29) is 11.7 Å². The van der Waals surface area contributed by atoms with Gasteiger partial charge in [0.15, 0.2) is 5.78 Å². The number of hydrogen-bond donors (Lipinski definition) is 0. The molecule has 1 atom stereocenters. The fraction of sp³-hybridized carbons (Fsp3) is 0.500. The van der Waals surface area contributed by atoms with Crippen LogP contribution in [0.3, 0.4) is 0 Å². The van der Waals surface area contributed by atoms with Gasteiger partial charge in [0.2, 0.25) is 0 Å². The Hall–Kier alpha value is -1.22. The molecule has 0 aliphatic rings. The zero-order chi connectivity index (χ0) is 11.3. The SMILES string of the molecule is COCCC(C)C(=O)c1ncccc1C. The van der Waals surface area contributed by atoms with E-state index in [0.29, 0.717) is 12.3 Å². The molecule has 0 bridgehead atoms. The lowest BCUT2D eigenvalue weighted by Gasteiger charge is -2.10. The first-order chi connectivity index (χ1) is 7.16. The number of aryl methyl sites for hydroxylation is 1. The van der Waals surface area contributed by atoms with Gasteiger partial charge in [-0.25, -0.2) is 0 Å². The van der Waals surface area contributed by atoms with Crippen molar-refractivity contribution >= 4 is 5.78 Å². The highest BCUT2D eigenvalue weighted by Crippen LogP contribution is 2.13. The molecular formula is C12H17NO2. The zero-order valence-corrected chi connectivity index (χ0v) is 9.49. The highest BCUT2D eigenvalue weighted by molar-refractivity contribution is 5.97. The van der Waals surface area contributed by atoms with E-state index in [1.54, 1.807) is 13.3 Å². The Balaban J connectivity index is 2.72. The zero-order valence-electron chi connectivity index (χ0n) is 9.49. The van der Waals surface area contributed by atoms with Crippen molar-refractivity contribution in [3.8, 4) is 0 Å². The summed E-state index contributed by atoms with van der Waals surface area (Å²) in [6, 6.07) is 3.75. The third kappa shape index (κ3) is 3.13. The van der Waals surface area contributed by atoms with Crippen LogP contribution in [-0.4, -0.2) is 24.5 Å². The number of methoxy groups -OCH3 is 1. The molecule has 0 amide bonds. The number of Topliss-reactive ketones (excluding diaryl/α,β-unsaturated/α-hetero) is 1. The van der Waals surface area contributed by atoms with E-state index >= 15 is 0 Å². The van der Waals surface area contributed by atoms with Crippen LogP contribution in [0.2, 0.25) is 0 Å². The molecule has 1 heterocycles. The molecule has 1 rings (SSSR count). The predicted molar refractivity (Wildman–Crippen MR) is 59.0 cm³/mol. The van der Waals surface area contributed by atoms with Crippen LogP contribution in [-0.2, 0) is 4.74 Å². The molecule has 1 aromatic heterocycles. The summed E-state index contributed by atoms with van der Waals surface area (Å²) in [5.41, 5.74) is 1.52. The van der Waals surface area contributed by atoms with Crippen LogP contribution in [0.5, 0.6) is 0 Å². The van der Waals surface area contributed by atoms with Crippen molar-refractivity contribution in [2.45, 2.75) is 20.3 Å². The number of ether oxygens (including phenoxy) is 1. The number of ketones is 1. The summed E-state index contributed by atoms with van der Waals surface area (Å²) < 4.78 is 4.96. The second-order valence-electron chi connectivity index (χ2n) is 3.72. The van der Waals surface area contributed by atoms with Crippen LogP contribution >= 0.6 is 0 Å². The molecule has 0 fully saturated rings. The highest BCUT2D eigenvalue weighted by Gasteiger charge is 2.17. The number of carbonyl (C=O) groups excluding carboxylic acids is 1. The van der Waals surface area contributed by atoms with Crippen molar-refractivity contribution in [1.29, 1.82) is 0 Å². The third-order valence-corrected chi connectivity index (χ3v) is 2.45. The van der Waals surface area contributed by atoms with Crippen molar-refractivity contribution in [3.63, 3.8) is 0 Å². The van der Waals surface area contributed by atoms with Crippen molar-refractivity contribution in [1.82, 2.24) is 4.98 Å². The van der Waals surface area contributed by atoms with E-state index in [4.69, 9.17) is 4.74 Å². The van der Waals surface area contributed by atoms with Crippen LogP contribution in [0.4, 0.5) is 0 Å². The van der Waals surface area contributed by atoms with Gasteiger partial charge in [-0.15, -0.1) is 0 Å². The van der Waals surface area contributed by atoms with Crippen molar-refractivity contribution < 1.29 is 9.53 Å². The Morgan fingerprint density at radius 3 is 2.93 bits per heavy atom. The van der Waals surface area contributed by atoms with E-state index in [0.717, 1.165) is 12.0 Å². The van der Waals surface area contributed by atoms with Crippen LogP contribution in [0, 0.1) is 12.8 Å². The van der Waals surface area contributed by atoms with Gasteiger partial charge >= 0.3 is 0 Å². The maximum absolute atomic E-state index is 12.0. The summed E-state index contributed by atoms with van der Waals surface area (Å²) in [5.74, 6) is 0.0729. The summed E-state index contributed by atoms with van der Waals surface area (Å²) in [4.78, 5) is 16.1. The standard InChI is InChI=1S/C12H17NO2/c1-9-5-4-7-13-11(9)12(14)10(2)6-8-15-3/h4-5,7,10H,6,8H2,1-3H3. The van der Waals surface area contributed by atoms with Crippen LogP contribution in [0.25, 0.3) is 0 Å². The largest absolute Gasteiger partial charge is 0.385 e. The van der Waals surface area contributed by atoms with Gasteiger partial charge in [-0.2, -0.15) is 0 Å². The van der Waals surface area contributed by atoms with Gasteiger partial charge in [-0.3, -0.25) is 9.78 Å². The van der Waals surface area contributed by atoms with Gasteiger partial charge in [0.1, 0.15) is 5.69 Å². The third-order valence-electron chi connectivity index (χ3n) is 2.45. The normalized spacial score (nSPS) is 12.5. The maximum atomic E-state index is 12.0. The van der Waals surface area contributed by atoms with Crippen LogP contribution in [0.15, 0.2) is 18.3 Å². The maximum Gasteiger partial charge on any atom is 0.184 e. The molecule has 1 unspecified atom stereocenters. The minimum Gasteiger partial charge on any atom is -0.385 e. The Bertz CT molecular complexity index is 336. The lowest BCUT2D eigenvalue weighted by atomic mass is 9.98. The van der Waals surface area contributed by atoms with Gasteiger partial charge in [0, 0.05) is 25.8 Å². The molecule has 15 heavy (non-hydrogen) atoms. The summed E-state index contributed by atoms with van der Waals surface area (Å²) >= 11 is 0. The molecule has 3 heteroatoms. The molecule has 1 aromatic rings. The summed E-state index contributed by atoms with van der Waals surface area (Å²) in [7, 11) is 1.64. The smallest absolute Gasteiger partial charge is 0.184 e. The number of nitrogens with zero attached hydrogens (tertiary/aromatic N) is 1. The molecule has 3 nitrogen and oxygen atoms in total. The van der Waals surface area contributed by atoms with E-state index < -0.39 is 0 Å². The first kappa shape index (κ1) is 11.9. The fourth-order valence-corrected chi connectivity index (χ4v) is 1.40. The predicted octanol–water partition coefficient (Wildman–Crippen LogP) is 2.25. The van der Waals surface area contributed by atoms with E-state index in [9.17, 15) is 4.79 Å². The quantitative estimate of drug-likeness (QED) is 0.695. The molecule has 82 valence electrons. The van der Waals surface area contributed by atoms with E-state index in [2.05, 4.69) is 4.98 Å². The second kappa shape index (κ2) is 5.61. The van der Waals surface area contributed by atoms with Crippen molar-refractivity contribution in [2.24, 2.45) is 5.92 Å². The lowest BCUT2D eigenvalue weighted by Crippen LogP contribution is -2.16. The molecular weight excluding hydrogens is 190 g/mol. The monoisotopic (exact) mass is 207 g/mol. The average Bonchev–Trinajstić information content (AvgIpc) is 2.25.